The predicted octanol–water partition coefficient (Wildman–Crippen LogP) is 3.66. The summed E-state index contributed by atoms with van der Waals surface area (Å²) in [5.41, 5.74) is 0. The van der Waals surface area contributed by atoms with Crippen molar-refractivity contribution < 1.29 is 39.0 Å². The van der Waals surface area contributed by atoms with E-state index >= 15 is 0 Å². The Balaban J connectivity index is 0. The van der Waals surface area contributed by atoms with E-state index in [0.717, 1.165) is 25.7 Å². The van der Waals surface area contributed by atoms with Crippen molar-refractivity contribution >= 4 is 20.8 Å². The van der Waals surface area contributed by atoms with Crippen molar-refractivity contribution in [1.29, 1.82) is 0 Å². The fourth-order valence-corrected chi connectivity index (χ4v) is 2.92. The van der Waals surface area contributed by atoms with Crippen LogP contribution in [0.4, 0.5) is 0 Å². The number of hydrogen-bond acceptors (Lipinski definition) is 9. The monoisotopic (exact) mass is 462 g/mol. The molecule has 0 N–H and O–H groups in total. The number of ether oxygens (including phenoxy) is 1. The van der Waals surface area contributed by atoms with E-state index in [4.69, 9.17) is 4.74 Å². The maximum Gasteiger partial charge on any atom is 0.217 e. The van der Waals surface area contributed by atoms with Crippen molar-refractivity contribution in [1.82, 2.24) is 0 Å². The lowest BCUT2D eigenvalue weighted by Crippen LogP contribution is -2.10. The Morgan fingerprint density at radius 1 is 0.517 bits per heavy atom. The van der Waals surface area contributed by atoms with E-state index in [1.807, 2.05) is 0 Å². The first-order valence-electron chi connectivity index (χ1n) is 10.4. The third kappa shape index (κ3) is 35.5. The quantitative estimate of drug-likeness (QED) is 0.159. The molecule has 0 aliphatic carbocycles. The molecule has 0 bridgehead atoms. The molecule has 0 unspecified atom stereocenters. The lowest BCUT2D eigenvalue weighted by molar-refractivity contribution is 0.0939. The van der Waals surface area contributed by atoms with Crippen molar-refractivity contribution in [3.05, 3.63) is 0 Å². The summed E-state index contributed by atoms with van der Waals surface area (Å²) in [7, 11) is -9.03. The average molecular weight is 463 g/mol. The summed E-state index contributed by atoms with van der Waals surface area (Å²) in [6, 6.07) is 0. The molecule has 9 nitrogen and oxygen atoms in total. The van der Waals surface area contributed by atoms with Gasteiger partial charge in [-0.3, -0.25) is 8.37 Å². The van der Waals surface area contributed by atoms with Crippen molar-refractivity contribution in [2.24, 2.45) is 0 Å². The van der Waals surface area contributed by atoms with Crippen LogP contribution in [-0.4, -0.2) is 52.4 Å². The zero-order chi connectivity index (χ0) is 22.4. The normalized spacial score (nSPS) is 11.9. The third-order valence-electron chi connectivity index (χ3n) is 3.82. The molecule has 178 valence electrons. The van der Waals surface area contributed by atoms with E-state index in [2.05, 4.69) is 22.2 Å². The molecule has 0 aliphatic rings. The maximum atomic E-state index is 10.0. The van der Waals surface area contributed by atoms with Crippen molar-refractivity contribution in [3.63, 3.8) is 0 Å². The van der Waals surface area contributed by atoms with Gasteiger partial charge in [0.25, 0.3) is 0 Å². The van der Waals surface area contributed by atoms with Crippen LogP contribution in [0.3, 0.4) is 0 Å². The van der Waals surface area contributed by atoms with E-state index in [1.54, 1.807) is 0 Å². The molecule has 0 spiro atoms. The van der Waals surface area contributed by atoms with Gasteiger partial charge in [0.1, 0.15) is 0 Å². The molecule has 0 atom stereocenters. The van der Waals surface area contributed by atoms with Gasteiger partial charge in [-0.25, -0.2) is 16.8 Å². The molecule has 0 aliphatic heterocycles. The Bertz CT molecular complexity index is 534. The molecular formula is C18H38O9S2-2. The van der Waals surface area contributed by atoms with Gasteiger partial charge < -0.3 is 13.8 Å². The lowest BCUT2D eigenvalue weighted by Gasteiger charge is -2.07. The van der Waals surface area contributed by atoms with Crippen LogP contribution in [0.1, 0.15) is 90.9 Å². The molecule has 0 fully saturated rings. The highest BCUT2D eigenvalue weighted by atomic mass is 32.3. The van der Waals surface area contributed by atoms with Crippen LogP contribution in [0.2, 0.25) is 0 Å². The zero-order valence-electron chi connectivity index (χ0n) is 17.8. The smallest absolute Gasteiger partial charge is 0.217 e. The number of rotatable bonds is 19. The van der Waals surface area contributed by atoms with Gasteiger partial charge in [0.15, 0.2) is 0 Å². The third-order valence-corrected chi connectivity index (χ3v) is 4.73. The Morgan fingerprint density at radius 2 is 0.897 bits per heavy atom. The molecule has 0 heterocycles. The Kier molecular flexibility index (Phi) is 22.3. The van der Waals surface area contributed by atoms with E-state index in [1.165, 1.54) is 44.9 Å². The zero-order valence-corrected chi connectivity index (χ0v) is 19.4. The molecule has 0 aromatic carbocycles. The summed E-state index contributed by atoms with van der Waals surface area (Å²) in [5.74, 6) is 0. The fourth-order valence-electron chi connectivity index (χ4n) is 2.32. The molecule has 0 saturated carbocycles. The first-order chi connectivity index (χ1) is 13.6. The standard InChI is InChI=1S/C10H22O5S.C8H18O4S/c1-2-3-4-5-6-7-8-14-9-10-15-16(11,12)13;1-2-3-4-5-6-7-8-12-13(9,10)11/h2-10H2,1H3,(H,11,12,13);2-8H2,1H3,(H,9,10,11)/p-2. The summed E-state index contributed by atoms with van der Waals surface area (Å²) in [6.45, 7) is 4.88. The molecule has 0 aromatic rings. The summed E-state index contributed by atoms with van der Waals surface area (Å²) in [5, 5.41) is 0. The molecule has 0 rings (SSSR count). The van der Waals surface area contributed by atoms with Gasteiger partial charge in [0, 0.05) is 6.61 Å². The summed E-state index contributed by atoms with van der Waals surface area (Å²) in [4.78, 5) is 0. The molecule has 29 heavy (non-hydrogen) atoms. The van der Waals surface area contributed by atoms with Gasteiger partial charge in [-0.05, 0) is 12.8 Å². The lowest BCUT2D eigenvalue weighted by atomic mass is 10.1. The van der Waals surface area contributed by atoms with Gasteiger partial charge in [0.2, 0.25) is 20.8 Å². The highest BCUT2D eigenvalue weighted by Crippen LogP contribution is 2.06. The Labute approximate surface area is 177 Å². The van der Waals surface area contributed by atoms with Gasteiger partial charge in [0.05, 0.1) is 19.8 Å². The van der Waals surface area contributed by atoms with Crippen LogP contribution in [0.15, 0.2) is 0 Å². The molecule has 0 radical (unpaired) electrons. The topological polar surface area (TPSA) is 142 Å². The van der Waals surface area contributed by atoms with Gasteiger partial charge in [-0.15, -0.1) is 0 Å². The second kappa shape index (κ2) is 21.0. The summed E-state index contributed by atoms with van der Waals surface area (Å²) >= 11 is 0. The van der Waals surface area contributed by atoms with E-state index < -0.39 is 20.8 Å². The van der Waals surface area contributed by atoms with Crippen LogP contribution >= 0.6 is 0 Å². The summed E-state index contributed by atoms with van der Waals surface area (Å²) < 4.78 is 73.2. The van der Waals surface area contributed by atoms with Crippen LogP contribution in [-0.2, 0) is 33.9 Å². The highest BCUT2D eigenvalue weighted by molar-refractivity contribution is 7.81. The minimum absolute atomic E-state index is 0.0258. The number of unbranched alkanes of at least 4 members (excludes halogenated alkanes) is 10. The first-order valence-corrected chi connectivity index (χ1v) is 13.1. The molecule has 0 saturated heterocycles. The molecule has 0 aromatic heterocycles. The Hall–Kier alpha value is -0.300. The van der Waals surface area contributed by atoms with E-state index in [9.17, 15) is 25.9 Å². The SMILES string of the molecule is CCCCCCCCOCCOS(=O)(=O)[O-].CCCCCCCCOS(=O)(=O)[O-]. The summed E-state index contributed by atoms with van der Waals surface area (Å²) in [6.07, 6.45) is 13.3. The maximum absolute atomic E-state index is 10.0. The van der Waals surface area contributed by atoms with Gasteiger partial charge >= 0.3 is 0 Å². The minimum atomic E-state index is -4.56. The largest absolute Gasteiger partial charge is 0.726 e. The average Bonchev–Trinajstić information content (AvgIpc) is 2.61. The molecule has 11 heteroatoms. The van der Waals surface area contributed by atoms with Gasteiger partial charge in [-0.1, -0.05) is 78.1 Å². The van der Waals surface area contributed by atoms with Crippen molar-refractivity contribution in [2.75, 3.05) is 26.4 Å². The van der Waals surface area contributed by atoms with E-state index in [-0.39, 0.29) is 19.8 Å². The van der Waals surface area contributed by atoms with Crippen LogP contribution in [0.5, 0.6) is 0 Å². The van der Waals surface area contributed by atoms with E-state index in [0.29, 0.717) is 13.0 Å². The first kappa shape index (κ1) is 30.9. The van der Waals surface area contributed by atoms with Gasteiger partial charge in [-0.2, -0.15) is 0 Å². The number of hydrogen-bond donors (Lipinski definition) is 0. The second-order valence-corrected chi connectivity index (χ2v) is 8.71. The van der Waals surface area contributed by atoms with Crippen LogP contribution in [0, 0.1) is 0 Å². The minimum Gasteiger partial charge on any atom is -0.726 e. The van der Waals surface area contributed by atoms with Crippen LogP contribution < -0.4 is 0 Å². The Morgan fingerprint density at radius 3 is 1.34 bits per heavy atom. The van der Waals surface area contributed by atoms with Crippen LogP contribution in [0.25, 0.3) is 0 Å². The second-order valence-electron chi connectivity index (χ2n) is 6.61. The predicted molar refractivity (Wildman–Crippen MR) is 109 cm³/mol. The molecular weight excluding hydrogens is 424 g/mol. The fraction of sp³-hybridized carbons (Fsp3) is 1.00. The highest BCUT2D eigenvalue weighted by Gasteiger charge is 1.96. The molecule has 0 amide bonds. The van der Waals surface area contributed by atoms with Crippen molar-refractivity contribution in [3.8, 4) is 0 Å². The van der Waals surface area contributed by atoms with Crippen molar-refractivity contribution in [2.45, 2.75) is 90.9 Å².